The number of carbonyl (C=O) groups is 2. The third-order valence-corrected chi connectivity index (χ3v) is 4.66. The van der Waals surface area contributed by atoms with Gasteiger partial charge >= 0.3 is 11.6 Å². The van der Waals surface area contributed by atoms with Crippen LogP contribution in [-0.2, 0) is 11.3 Å². The first-order valence-electron chi connectivity index (χ1n) is 9.83. The van der Waals surface area contributed by atoms with Crippen molar-refractivity contribution in [3.63, 3.8) is 0 Å². The molecule has 0 atom stereocenters. The van der Waals surface area contributed by atoms with Gasteiger partial charge in [0.25, 0.3) is 5.91 Å². The molecular formula is C25H19NO6. The number of furan rings is 1. The van der Waals surface area contributed by atoms with Gasteiger partial charge in [0.2, 0.25) is 0 Å². The maximum Gasteiger partial charge on any atom is 0.349 e. The predicted molar refractivity (Wildman–Crippen MR) is 118 cm³/mol. The molecule has 7 nitrogen and oxygen atoms in total. The molecule has 0 unspecified atom stereocenters. The van der Waals surface area contributed by atoms with Gasteiger partial charge in [-0.2, -0.15) is 0 Å². The molecule has 0 bridgehead atoms. The van der Waals surface area contributed by atoms with Crippen LogP contribution in [-0.4, -0.2) is 11.9 Å². The van der Waals surface area contributed by atoms with E-state index in [-0.39, 0.29) is 23.4 Å². The second-order valence-electron chi connectivity index (χ2n) is 7.07. The molecule has 0 spiro atoms. The van der Waals surface area contributed by atoms with Crippen LogP contribution in [0.4, 0.5) is 0 Å². The predicted octanol–water partition coefficient (Wildman–Crippen LogP) is 4.24. The molecule has 1 amide bonds. The summed E-state index contributed by atoms with van der Waals surface area (Å²) >= 11 is 0. The van der Waals surface area contributed by atoms with E-state index in [0.29, 0.717) is 11.1 Å². The van der Waals surface area contributed by atoms with Gasteiger partial charge in [0.1, 0.15) is 22.7 Å². The first-order valence-corrected chi connectivity index (χ1v) is 9.83. The number of nitrogens with one attached hydrogen (secondary N) is 1. The summed E-state index contributed by atoms with van der Waals surface area (Å²) in [5, 5.41) is 3.12. The van der Waals surface area contributed by atoms with Crippen molar-refractivity contribution in [3.05, 3.63) is 106 Å². The summed E-state index contributed by atoms with van der Waals surface area (Å²) in [6.07, 6.45) is 4.46. The van der Waals surface area contributed by atoms with Crippen molar-refractivity contribution in [2.45, 2.75) is 13.5 Å². The van der Waals surface area contributed by atoms with Crippen molar-refractivity contribution in [2.75, 3.05) is 0 Å². The molecule has 2 aromatic carbocycles. The van der Waals surface area contributed by atoms with Gasteiger partial charge < -0.3 is 18.9 Å². The normalized spacial score (nSPS) is 11.0. The Labute approximate surface area is 182 Å². The number of hydrogen-bond acceptors (Lipinski definition) is 6. The number of carbonyl (C=O) groups excluding carboxylic acids is 2. The Morgan fingerprint density at radius 2 is 1.88 bits per heavy atom. The van der Waals surface area contributed by atoms with Crippen molar-refractivity contribution < 1.29 is 23.2 Å². The summed E-state index contributed by atoms with van der Waals surface area (Å²) < 4.78 is 15.7. The van der Waals surface area contributed by atoms with E-state index in [1.165, 1.54) is 24.5 Å². The molecule has 2 aromatic heterocycles. The van der Waals surface area contributed by atoms with Gasteiger partial charge in [-0.25, -0.2) is 9.59 Å². The third-order valence-electron chi connectivity index (χ3n) is 4.66. The van der Waals surface area contributed by atoms with Crippen molar-refractivity contribution in [1.82, 2.24) is 5.32 Å². The van der Waals surface area contributed by atoms with Crippen LogP contribution in [0.5, 0.6) is 5.75 Å². The molecule has 0 aliphatic rings. The molecule has 2 heterocycles. The van der Waals surface area contributed by atoms with Gasteiger partial charge in [-0.05, 0) is 48.9 Å². The van der Waals surface area contributed by atoms with Crippen LogP contribution in [0.25, 0.3) is 17.0 Å². The highest BCUT2D eigenvalue weighted by atomic mass is 16.5. The highest BCUT2D eigenvalue weighted by Crippen LogP contribution is 2.21. The van der Waals surface area contributed by atoms with Crippen LogP contribution >= 0.6 is 0 Å². The highest BCUT2D eigenvalue weighted by molar-refractivity contribution is 5.97. The maximum atomic E-state index is 12.3. The molecule has 32 heavy (non-hydrogen) atoms. The first-order chi connectivity index (χ1) is 15.5. The summed E-state index contributed by atoms with van der Waals surface area (Å²) in [6.45, 7) is 2.13. The Bertz CT molecular complexity index is 1350. The van der Waals surface area contributed by atoms with Crippen molar-refractivity contribution >= 4 is 28.9 Å². The molecule has 0 aliphatic carbocycles. The highest BCUT2D eigenvalue weighted by Gasteiger charge is 2.15. The van der Waals surface area contributed by atoms with E-state index in [0.717, 1.165) is 11.1 Å². The van der Waals surface area contributed by atoms with Crippen LogP contribution < -0.4 is 15.7 Å². The van der Waals surface area contributed by atoms with Gasteiger partial charge in [-0.1, -0.05) is 29.8 Å². The molecule has 4 rings (SSSR count). The molecule has 0 saturated heterocycles. The third kappa shape index (κ3) is 5.02. The summed E-state index contributed by atoms with van der Waals surface area (Å²) in [7, 11) is 0. The second kappa shape index (κ2) is 9.18. The Balaban J connectivity index is 1.46. The summed E-state index contributed by atoms with van der Waals surface area (Å²) in [4.78, 5) is 36.7. The van der Waals surface area contributed by atoms with E-state index >= 15 is 0 Å². The zero-order valence-corrected chi connectivity index (χ0v) is 17.2. The van der Waals surface area contributed by atoms with Gasteiger partial charge in [-0.15, -0.1) is 0 Å². The van der Waals surface area contributed by atoms with Crippen LogP contribution in [0.15, 0.2) is 86.6 Å². The second-order valence-corrected chi connectivity index (χ2v) is 7.07. The number of benzene rings is 2. The average Bonchev–Trinajstić information content (AvgIpc) is 3.30. The van der Waals surface area contributed by atoms with Crippen LogP contribution in [0.2, 0.25) is 0 Å². The standard InChI is InChI=1S/C25H19NO6/c1-16-4-6-17(7-5-16)8-11-23(27)31-19-10-9-18-13-21(25(29)32-22(18)14-19)24(28)26-15-20-3-2-12-30-20/h2-14H,15H2,1H3,(H,26,28)/b11-8+. The Hall–Kier alpha value is -4.39. The van der Waals surface area contributed by atoms with Gasteiger partial charge in [0, 0.05) is 17.5 Å². The van der Waals surface area contributed by atoms with Crippen LogP contribution in [0.1, 0.15) is 27.2 Å². The summed E-state index contributed by atoms with van der Waals surface area (Å²) in [5.74, 6) is -0.365. The molecule has 7 heteroatoms. The molecule has 0 saturated carbocycles. The number of amides is 1. The Kier molecular flexibility index (Phi) is 5.98. The van der Waals surface area contributed by atoms with Crippen LogP contribution in [0, 0.1) is 6.92 Å². The Morgan fingerprint density at radius 3 is 2.62 bits per heavy atom. The van der Waals surface area contributed by atoms with E-state index in [1.807, 2.05) is 31.2 Å². The number of rotatable bonds is 6. The van der Waals surface area contributed by atoms with Crippen molar-refractivity contribution in [3.8, 4) is 5.75 Å². The molecule has 160 valence electrons. The minimum Gasteiger partial charge on any atom is -0.467 e. The fourth-order valence-electron chi connectivity index (χ4n) is 2.98. The van der Waals surface area contributed by atoms with E-state index in [1.54, 1.807) is 30.3 Å². The minimum absolute atomic E-state index is 0.130. The van der Waals surface area contributed by atoms with Crippen LogP contribution in [0.3, 0.4) is 0 Å². The smallest absolute Gasteiger partial charge is 0.349 e. The van der Waals surface area contributed by atoms with E-state index in [9.17, 15) is 14.4 Å². The topological polar surface area (TPSA) is 98.8 Å². The lowest BCUT2D eigenvalue weighted by molar-refractivity contribution is -0.128. The van der Waals surface area contributed by atoms with Crippen molar-refractivity contribution in [2.24, 2.45) is 0 Å². The first kappa shape index (κ1) is 20.9. The van der Waals surface area contributed by atoms with Gasteiger partial charge in [-0.3, -0.25) is 4.79 Å². The molecule has 4 aromatic rings. The monoisotopic (exact) mass is 429 g/mol. The minimum atomic E-state index is -0.794. The summed E-state index contributed by atoms with van der Waals surface area (Å²) in [6, 6.07) is 17.1. The number of esters is 1. The fourth-order valence-corrected chi connectivity index (χ4v) is 2.98. The van der Waals surface area contributed by atoms with Crippen molar-refractivity contribution in [1.29, 1.82) is 0 Å². The molecule has 0 radical (unpaired) electrons. The molecule has 0 fully saturated rings. The van der Waals surface area contributed by atoms with E-state index < -0.39 is 17.5 Å². The molecule has 1 N–H and O–H groups in total. The van der Waals surface area contributed by atoms with Gasteiger partial charge in [0.05, 0.1) is 12.8 Å². The largest absolute Gasteiger partial charge is 0.467 e. The zero-order chi connectivity index (χ0) is 22.5. The summed E-state index contributed by atoms with van der Waals surface area (Å²) in [5.41, 5.74) is 1.27. The van der Waals surface area contributed by atoms with E-state index in [2.05, 4.69) is 5.32 Å². The fraction of sp³-hybridized carbons (Fsp3) is 0.0800. The lowest BCUT2D eigenvalue weighted by atomic mass is 10.1. The molecular weight excluding hydrogens is 410 g/mol. The lowest BCUT2D eigenvalue weighted by Crippen LogP contribution is -2.27. The quantitative estimate of drug-likeness (QED) is 0.213. The Morgan fingerprint density at radius 1 is 1.06 bits per heavy atom. The average molecular weight is 429 g/mol. The maximum absolute atomic E-state index is 12.3. The number of aryl methyl sites for hydroxylation is 1. The number of fused-ring (bicyclic) bond motifs is 1. The SMILES string of the molecule is Cc1ccc(/C=C/C(=O)Oc2ccc3cc(C(=O)NCc4ccco4)c(=O)oc3c2)cc1. The zero-order valence-electron chi connectivity index (χ0n) is 17.2. The number of hydrogen-bond donors (Lipinski definition) is 1. The van der Waals surface area contributed by atoms with E-state index in [4.69, 9.17) is 13.6 Å². The van der Waals surface area contributed by atoms with Gasteiger partial charge in [0.15, 0.2) is 0 Å². The number of ether oxygens (including phenoxy) is 1. The lowest BCUT2D eigenvalue weighted by Gasteiger charge is -2.05. The molecule has 0 aliphatic heterocycles.